The van der Waals surface area contributed by atoms with Gasteiger partial charge in [-0.05, 0) is 59.3 Å². The average molecular weight is 305 g/mol. The lowest BCUT2D eigenvalue weighted by atomic mass is 10.1. The summed E-state index contributed by atoms with van der Waals surface area (Å²) in [6.07, 6.45) is 3.05. The fourth-order valence-electron chi connectivity index (χ4n) is 3.20. The lowest BCUT2D eigenvalue weighted by Crippen LogP contribution is -2.38. The van der Waals surface area contributed by atoms with Gasteiger partial charge in [-0.2, -0.15) is 0 Å². The number of carbonyl (C=O) groups is 1. The lowest BCUT2D eigenvalue weighted by molar-refractivity contribution is 0.0756. The van der Waals surface area contributed by atoms with E-state index in [0.717, 1.165) is 38.0 Å². The van der Waals surface area contributed by atoms with Gasteiger partial charge in [-0.1, -0.05) is 0 Å². The molecule has 0 aliphatic carbocycles. The van der Waals surface area contributed by atoms with Gasteiger partial charge in [0.25, 0.3) is 11.5 Å². The second kappa shape index (κ2) is 7.09. The van der Waals surface area contributed by atoms with Gasteiger partial charge in [0.1, 0.15) is 5.56 Å². The van der Waals surface area contributed by atoms with E-state index in [9.17, 15) is 9.59 Å². The highest BCUT2D eigenvalue weighted by atomic mass is 16.2. The smallest absolute Gasteiger partial charge is 0.263 e. The summed E-state index contributed by atoms with van der Waals surface area (Å²) in [6, 6.07) is 4.06. The molecule has 1 aromatic rings. The van der Waals surface area contributed by atoms with Gasteiger partial charge in [-0.15, -0.1) is 0 Å². The number of hydrogen-bond donors (Lipinski definition) is 0. The maximum absolute atomic E-state index is 12.7. The van der Waals surface area contributed by atoms with E-state index >= 15 is 0 Å². The maximum Gasteiger partial charge on any atom is 0.263 e. The van der Waals surface area contributed by atoms with E-state index in [-0.39, 0.29) is 11.5 Å². The zero-order valence-electron chi connectivity index (χ0n) is 14.1. The van der Waals surface area contributed by atoms with Gasteiger partial charge in [0, 0.05) is 31.4 Å². The Kier molecular flexibility index (Phi) is 5.40. The van der Waals surface area contributed by atoms with E-state index in [0.29, 0.717) is 18.2 Å². The Morgan fingerprint density at radius 2 is 2.00 bits per heavy atom. The zero-order chi connectivity index (χ0) is 16.3. The summed E-state index contributed by atoms with van der Waals surface area (Å²) >= 11 is 0. The van der Waals surface area contributed by atoms with Gasteiger partial charge in [-0.25, -0.2) is 0 Å². The van der Waals surface area contributed by atoms with Crippen LogP contribution in [0.1, 0.15) is 42.2 Å². The first-order valence-corrected chi connectivity index (χ1v) is 8.11. The summed E-state index contributed by atoms with van der Waals surface area (Å²) in [5, 5.41) is 0. The van der Waals surface area contributed by atoms with E-state index in [2.05, 4.69) is 19.0 Å². The van der Waals surface area contributed by atoms with Gasteiger partial charge < -0.3 is 14.4 Å². The standard InChI is InChI=1S/C17H27N3O2/c1-5-20-13(2)8-9-15(17(20)22)16(21)19-11-6-7-14(10-12-19)18(3)4/h8-9,14H,5-7,10-12H2,1-4H3/t14-/m0/s1. The molecular formula is C17H27N3O2. The summed E-state index contributed by atoms with van der Waals surface area (Å²) in [5.74, 6) is -0.119. The molecule has 0 radical (unpaired) electrons. The highest BCUT2D eigenvalue weighted by molar-refractivity contribution is 5.93. The Bertz CT molecular complexity index is 592. The maximum atomic E-state index is 12.7. The summed E-state index contributed by atoms with van der Waals surface area (Å²) < 4.78 is 1.66. The number of rotatable bonds is 3. The van der Waals surface area contributed by atoms with Gasteiger partial charge in [0.2, 0.25) is 0 Å². The molecule has 0 unspecified atom stereocenters. The van der Waals surface area contributed by atoms with Crippen molar-refractivity contribution in [3.8, 4) is 0 Å². The van der Waals surface area contributed by atoms with Crippen LogP contribution in [-0.4, -0.2) is 53.5 Å². The minimum absolute atomic E-state index is 0.119. The van der Waals surface area contributed by atoms with Gasteiger partial charge >= 0.3 is 0 Å². The Morgan fingerprint density at radius 1 is 1.27 bits per heavy atom. The molecule has 1 amide bonds. The van der Waals surface area contributed by atoms with Gasteiger partial charge in [0.05, 0.1) is 0 Å². The Hall–Kier alpha value is -1.62. The molecule has 1 atom stereocenters. The lowest BCUT2D eigenvalue weighted by Gasteiger charge is -2.23. The zero-order valence-corrected chi connectivity index (χ0v) is 14.1. The van der Waals surface area contributed by atoms with Gasteiger partial charge in [-0.3, -0.25) is 9.59 Å². The molecule has 122 valence electrons. The van der Waals surface area contributed by atoms with Crippen molar-refractivity contribution in [2.45, 2.75) is 45.7 Å². The molecule has 1 saturated heterocycles. The molecule has 0 aromatic carbocycles. The van der Waals surface area contributed by atoms with Crippen molar-refractivity contribution in [1.82, 2.24) is 14.4 Å². The van der Waals surface area contributed by atoms with Crippen molar-refractivity contribution in [1.29, 1.82) is 0 Å². The quantitative estimate of drug-likeness (QED) is 0.854. The van der Waals surface area contributed by atoms with E-state index < -0.39 is 0 Å². The predicted molar refractivity (Wildman–Crippen MR) is 88.3 cm³/mol. The molecule has 0 N–H and O–H groups in total. The first-order valence-electron chi connectivity index (χ1n) is 8.11. The first-order chi connectivity index (χ1) is 10.5. The van der Waals surface area contributed by atoms with Crippen LogP contribution in [0.4, 0.5) is 0 Å². The average Bonchev–Trinajstić information content (AvgIpc) is 2.73. The van der Waals surface area contributed by atoms with Crippen LogP contribution in [0.15, 0.2) is 16.9 Å². The number of nitrogens with zero attached hydrogens (tertiary/aromatic N) is 3. The minimum Gasteiger partial charge on any atom is -0.338 e. The Morgan fingerprint density at radius 3 is 2.64 bits per heavy atom. The molecule has 5 nitrogen and oxygen atoms in total. The van der Waals surface area contributed by atoms with Crippen molar-refractivity contribution in [2.75, 3.05) is 27.2 Å². The number of amides is 1. The third kappa shape index (κ3) is 3.40. The van der Waals surface area contributed by atoms with Crippen LogP contribution in [0.25, 0.3) is 0 Å². The van der Waals surface area contributed by atoms with Crippen molar-refractivity contribution >= 4 is 5.91 Å². The van der Waals surface area contributed by atoms with E-state index in [1.54, 1.807) is 10.6 Å². The topological polar surface area (TPSA) is 45.6 Å². The third-order valence-electron chi connectivity index (χ3n) is 4.65. The van der Waals surface area contributed by atoms with Crippen LogP contribution in [0.2, 0.25) is 0 Å². The SMILES string of the molecule is CCn1c(C)ccc(C(=O)N2CCC[C@H](N(C)C)CC2)c1=O. The normalized spacial score (nSPS) is 19.3. The monoisotopic (exact) mass is 305 g/mol. The highest BCUT2D eigenvalue weighted by Crippen LogP contribution is 2.16. The van der Waals surface area contributed by atoms with E-state index in [4.69, 9.17) is 0 Å². The van der Waals surface area contributed by atoms with Crippen molar-refractivity contribution < 1.29 is 4.79 Å². The highest BCUT2D eigenvalue weighted by Gasteiger charge is 2.24. The number of carbonyl (C=O) groups excluding carboxylic acids is 1. The van der Waals surface area contributed by atoms with Crippen molar-refractivity contribution in [3.05, 3.63) is 33.7 Å². The molecule has 1 aromatic heterocycles. The first kappa shape index (κ1) is 16.7. The molecule has 1 fully saturated rings. The second-order valence-electron chi connectivity index (χ2n) is 6.28. The third-order valence-corrected chi connectivity index (χ3v) is 4.65. The molecule has 22 heavy (non-hydrogen) atoms. The van der Waals surface area contributed by atoms with Gasteiger partial charge in [0.15, 0.2) is 0 Å². The number of aryl methyl sites for hydroxylation is 1. The number of hydrogen-bond acceptors (Lipinski definition) is 3. The molecule has 0 spiro atoms. The number of pyridine rings is 1. The van der Waals surface area contributed by atoms with E-state index in [1.165, 1.54) is 0 Å². The second-order valence-corrected chi connectivity index (χ2v) is 6.28. The van der Waals surface area contributed by atoms with Crippen LogP contribution in [-0.2, 0) is 6.54 Å². The molecular weight excluding hydrogens is 278 g/mol. The van der Waals surface area contributed by atoms with Crippen molar-refractivity contribution in [3.63, 3.8) is 0 Å². The molecule has 0 saturated carbocycles. The molecule has 2 heterocycles. The Balaban J connectivity index is 2.20. The minimum atomic E-state index is -0.166. The molecule has 1 aliphatic heterocycles. The predicted octanol–water partition coefficient (Wildman–Crippen LogP) is 1.73. The van der Waals surface area contributed by atoms with E-state index in [1.807, 2.05) is 24.8 Å². The van der Waals surface area contributed by atoms with Crippen molar-refractivity contribution in [2.24, 2.45) is 0 Å². The fourth-order valence-corrected chi connectivity index (χ4v) is 3.20. The molecule has 0 bridgehead atoms. The summed E-state index contributed by atoms with van der Waals surface area (Å²) in [7, 11) is 4.17. The van der Waals surface area contributed by atoms with Crippen LogP contribution >= 0.6 is 0 Å². The summed E-state index contributed by atoms with van der Waals surface area (Å²) in [5.41, 5.74) is 1.03. The van der Waals surface area contributed by atoms with Crippen LogP contribution < -0.4 is 5.56 Å². The Labute approximate surface area is 132 Å². The summed E-state index contributed by atoms with van der Waals surface area (Å²) in [6.45, 7) is 5.88. The number of aromatic nitrogens is 1. The molecule has 2 rings (SSSR count). The fraction of sp³-hybridized carbons (Fsp3) is 0.647. The molecule has 1 aliphatic rings. The van der Waals surface area contributed by atoms with Crippen LogP contribution in [0, 0.1) is 6.92 Å². The van der Waals surface area contributed by atoms with Crippen LogP contribution in [0.5, 0.6) is 0 Å². The molecule has 5 heteroatoms. The largest absolute Gasteiger partial charge is 0.338 e. The van der Waals surface area contributed by atoms with Crippen LogP contribution in [0.3, 0.4) is 0 Å². The number of likely N-dealkylation sites (tertiary alicyclic amines) is 1. The summed E-state index contributed by atoms with van der Waals surface area (Å²) in [4.78, 5) is 29.3.